The van der Waals surface area contributed by atoms with E-state index in [9.17, 15) is 9.59 Å². The van der Waals surface area contributed by atoms with Gasteiger partial charge in [0.1, 0.15) is 5.58 Å². The first-order chi connectivity index (χ1) is 11.4. The molecular formula is C19H24N2O3. The van der Waals surface area contributed by atoms with Crippen LogP contribution in [-0.4, -0.2) is 29.3 Å². The highest BCUT2D eigenvalue weighted by Gasteiger charge is 2.31. The average Bonchev–Trinajstić information content (AvgIpc) is 2.94. The lowest BCUT2D eigenvalue weighted by atomic mass is 9.92. The summed E-state index contributed by atoms with van der Waals surface area (Å²) in [5, 5.41) is 0.988. The Balaban J connectivity index is 1.82. The lowest BCUT2D eigenvalue weighted by Gasteiger charge is -2.37. The number of benzene rings is 1. The summed E-state index contributed by atoms with van der Waals surface area (Å²) in [6, 6.07) is 4.19. The van der Waals surface area contributed by atoms with Gasteiger partial charge in [0.25, 0.3) is 0 Å². The van der Waals surface area contributed by atoms with Crippen LogP contribution < -0.4 is 5.73 Å². The molecule has 0 radical (unpaired) electrons. The van der Waals surface area contributed by atoms with E-state index in [4.69, 9.17) is 10.2 Å². The number of carbonyl (C=O) groups is 2. The van der Waals surface area contributed by atoms with Crippen molar-refractivity contribution in [3.05, 3.63) is 35.1 Å². The molecule has 5 nitrogen and oxygen atoms in total. The molecule has 5 heteroatoms. The fourth-order valence-electron chi connectivity index (χ4n) is 3.48. The molecule has 2 aromatic rings. The van der Waals surface area contributed by atoms with Crippen LogP contribution in [0.2, 0.25) is 0 Å². The van der Waals surface area contributed by atoms with Crippen molar-refractivity contribution in [2.75, 3.05) is 6.54 Å². The Hall–Kier alpha value is -2.30. The normalized spacial score (nSPS) is 21.2. The van der Waals surface area contributed by atoms with Gasteiger partial charge in [-0.25, -0.2) is 0 Å². The molecule has 0 spiro atoms. The van der Waals surface area contributed by atoms with Gasteiger partial charge in [0.15, 0.2) is 0 Å². The molecule has 1 fully saturated rings. The van der Waals surface area contributed by atoms with Crippen LogP contribution in [0.4, 0.5) is 0 Å². The van der Waals surface area contributed by atoms with Crippen molar-refractivity contribution in [1.29, 1.82) is 0 Å². The van der Waals surface area contributed by atoms with Crippen LogP contribution in [0.3, 0.4) is 0 Å². The number of fused-ring (bicyclic) bond motifs is 1. The lowest BCUT2D eigenvalue weighted by molar-refractivity contribution is -0.136. The summed E-state index contributed by atoms with van der Waals surface area (Å²) >= 11 is 0. The minimum atomic E-state index is -0.320. The number of primary amides is 1. The van der Waals surface area contributed by atoms with Crippen LogP contribution in [0.5, 0.6) is 0 Å². The van der Waals surface area contributed by atoms with Gasteiger partial charge in [-0.3, -0.25) is 9.59 Å². The van der Waals surface area contributed by atoms with Crippen molar-refractivity contribution in [2.24, 2.45) is 11.7 Å². The Morgan fingerprint density at radius 2 is 2.04 bits per heavy atom. The number of likely N-dealkylation sites (tertiary alicyclic amines) is 1. The number of amides is 2. The molecule has 2 heterocycles. The Kier molecular flexibility index (Phi) is 4.35. The highest BCUT2D eigenvalue weighted by molar-refractivity contribution is 5.90. The molecule has 1 aromatic heterocycles. The van der Waals surface area contributed by atoms with Gasteiger partial charge in [0, 0.05) is 23.5 Å². The van der Waals surface area contributed by atoms with E-state index >= 15 is 0 Å². The summed E-state index contributed by atoms with van der Waals surface area (Å²) in [7, 11) is 0. The van der Waals surface area contributed by atoms with E-state index in [1.807, 2.05) is 32.9 Å². The topological polar surface area (TPSA) is 76.5 Å². The standard InChI is InChI=1S/C19H24N2O3/c1-11-4-7-16-15(10-24-18(16)13(11)3)8-17(22)21-9-14(19(20)23)6-5-12(21)2/h4,7,10,12,14H,5-6,8-9H2,1-3H3,(H2,20,23)/t12-,14-/m0/s1. The fraction of sp³-hybridized carbons (Fsp3) is 0.474. The second-order valence-electron chi connectivity index (χ2n) is 6.89. The number of furan rings is 1. The van der Waals surface area contributed by atoms with Crippen molar-refractivity contribution in [3.63, 3.8) is 0 Å². The summed E-state index contributed by atoms with van der Waals surface area (Å²) in [6.07, 6.45) is 3.53. The number of hydrogen-bond donors (Lipinski definition) is 1. The van der Waals surface area contributed by atoms with Gasteiger partial charge in [-0.2, -0.15) is 0 Å². The number of nitrogens with two attached hydrogens (primary N) is 1. The van der Waals surface area contributed by atoms with Crippen LogP contribution in [0.1, 0.15) is 36.5 Å². The first kappa shape index (κ1) is 16.6. The van der Waals surface area contributed by atoms with E-state index in [0.29, 0.717) is 6.54 Å². The van der Waals surface area contributed by atoms with E-state index in [2.05, 4.69) is 0 Å². The highest BCUT2D eigenvalue weighted by Crippen LogP contribution is 2.28. The van der Waals surface area contributed by atoms with Crippen molar-refractivity contribution in [3.8, 4) is 0 Å². The van der Waals surface area contributed by atoms with Crippen LogP contribution in [-0.2, 0) is 16.0 Å². The van der Waals surface area contributed by atoms with Crippen molar-refractivity contribution < 1.29 is 14.0 Å². The van der Waals surface area contributed by atoms with Gasteiger partial charge in [0.2, 0.25) is 11.8 Å². The molecule has 2 amide bonds. The Bertz CT molecular complexity index is 793. The summed E-state index contributed by atoms with van der Waals surface area (Å²) in [5.41, 5.74) is 9.44. The van der Waals surface area contributed by atoms with Crippen LogP contribution in [0, 0.1) is 19.8 Å². The number of aryl methyl sites for hydroxylation is 2. The van der Waals surface area contributed by atoms with E-state index in [1.165, 1.54) is 5.56 Å². The van der Waals surface area contributed by atoms with Gasteiger partial charge in [0.05, 0.1) is 18.6 Å². The summed E-state index contributed by atoms with van der Waals surface area (Å²) in [4.78, 5) is 26.0. The first-order valence-corrected chi connectivity index (χ1v) is 8.43. The minimum Gasteiger partial charge on any atom is -0.464 e. The summed E-state index contributed by atoms with van der Waals surface area (Å²) in [5.74, 6) is -0.537. The molecule has 1 aliphatic heterocycles. The molecule has 1 aromatic carbocycles. The number of rotatable bonds is 3. The van der Waals surface area contributed by atoms with Crippen LogP contribution in [0.25, 0.3) is 11.0 Å². The molecule has 0 saturated carbocycles. The Labute approximate surface area is 141 Å². The third-order valence-corrected chi connectivity index (χ3v) is 5.29. The van der Waals surface area contributed by atoms with Gasteiger partial charge in [-0.1, -0.05) is 12.1 Å². The predicted octanol–water partition coefficient (Wildman–Crippen LogP) is 2.70. The monoisotopic (exact) mass is 328 g/mol. The second kappa shape index (κ2) is 6.30. The third kappa shape index (κ3) is 2.90. The van der Waals surface area contributed by atoms with Gasteiger partial charge >= 0.3 is 0 Å². The molecule has 0 bridgehead atoms. The maximum Gasteiger partial charge on any atom is 0.227 e. The largest absolute Gasteiger partial charge is 0.464 e. The van der Waals surface area contributed by atoms with E-state index in [0.717, 1.165) is 34.9 Å². The molecule has 3 rings (SSSR count). The van der Waals surface area contributed by atoms with Crippen molar-refractivity contribution in [2.45, 2.75) is 46.1 Å². The average molecular weight is 328 g/mol. The van der Waals surface area contributed by atoms with Crippen molar-refractivity contribution in [1.82, 2.24) is 4.90 Å². The smallest absolute Gasteiger partial charge is 0.227 e. The molecule has 2 N–H and O–H groups in total. The third-order valence-electron chi connectivity index (χ3n) is 5.29. The molecule has 1 saturated heterocycles. The zero-order valence-corrected chi connectivity index (χ0v) is 14.5. The van der Waals surface area contributed by atoms with Gasteiger partial charge in [-0.05, 0) is 44.7 Å². The zero-order chi connectivity index (χ0) is 17.4. The molecule has 128 valence electrons. The Morgan fingerprint density at radius 1 is 1.29 bits per heavy atom. The summed E-state index contributed by atoms with van der Waals surface area (Å²) < 4.78 is 5.69. The summed E-state index contributed by atoms with van der Waals surface area (Å²) in [6.45, 7) is 6.51. The fourth-order valence-corrected chi connectivity index (χ4v) is 3.48. The minimum absolute atomic E-state index is 0.0226. The highest BCUT2D eigenvalue weighted by atomic mass is 16.3. The zero-order valence-electron chi connectivity index (χ0n) is 14.5. The molecule has 0 aliphatic carbocycles. The number of piperidine rings is 1. The van der Waals surface area contributed by atoms with E-state index in [1.54, 1.807) is 11.2 Å². The molecular weight excluding hydrogens is 304 g/mol. The lowest BCUT2D eigenvalue weighted by Crippen LogP contribution is -2.49. The maximum atomic E-state index is 12.8. The van der Waals surface area contributed by atoms with Gasteiger partial charge in [-0.15, -0.1) is 0 Å². The van der Waals surface area contributed by atoms with E-state index in [-0.39, 0.29) is 30.2 Å². The quantitative estimate of drug-likeness (QED) is 0.941. The predicted molar refractivity (Wildman–Crippen MR) is 92.5 cm³/mol. The SMILES string of the molecule is Cc1ccc2c(CC(=O)N3C[C@@H](C(N)=O)CC[C@@H]3C)coc2c1C. The first-order valence-electron chi connectivity index (χ1n) is 8.43. The molecule has 1 aliphatic rings. The maximum absolute atomic E-state index is 12.8. The van der Waals surface area contributed by atoms with Crippen LogP contribution >= 0.6 is 0 Å². The number of carbonyl (C=O) groups excluding carboxylic acids is 2. The number of nitrogens with zero attached hydrogens (tertiary/aromatic N) is 1. The van der Waals surface area contributed by atoms with Gasteiger partial charge < -0.3 is 15.1 Å². The Morgan fingerprint density at radius 3 is 2.75 bits per heavy atom. The number of hydrogen-bond acceptors (Lipinski definition) is 3. The molecule has 2 atom stereocenters. The molecule has 0 unspecified atom stereocenters. The van der Waals surface area contributed by atoms with Crippen molar-refractivity contribution >= 4 is 22.8 Å². The molecule has 24 heavy (non-hydrogen) atoms. The van der Waals surface area contributed by atoms with E-state index < -0.39 is 0 Å². The van der Waals surface area contributed by atoms with Crippen LogP contribution in [0.15, 0.2) is 22.8 Å². The second-order valence-corrected chi connectivity index (χ2v) is 6.89.